The molecule has 2 N–H and O–H groups in total. The van der Waals surface area contributed by atoms with Gasteiger partial charge >= 0.3 is 0 Å². The van der Waals surface area contributed by atoms with Gasteiger partial charge in [0, 0.05) is 30.1 Å². The summed E-state index contributed by atoms with van der Waals surface area (Å²) in [4.78, 5) is 4.58. The molecule has 16 heavy (non-hydrogen) atoms. The minimum Gasteiger partial charge on any atom is -0.330 e. The fourth-order valence-corrected chi connectivity index (χ4v) is 2.33. The van der Waals surface area contributed by atoms with E-state index < -0.39 is 0 Å². The lowest BCUT2D eigenvalue weighted by molar-refractivity contribution is 0.660. The van der Waals surface area contributed by atoms with E-state index in [0.717, 1.165) is 42.2 Å². The summed E-state index contributed by atoms with van der Waals surface area (Å²) < 4.78 is 1.91. The van der Waals surface area contributed by atoms with Crippen molar-refractivity contribution < 1.29 is 0 Å². The summed E-state index contributed by atoms with van der Waals surface area (Å²) in [7, 11) is 0. The Kier molecular flexibility index (Phi) is 3.69. The summed E-state index contributed by atoms with van der Waals surface area (Å²) in [5.74, 6) is 0. The predicted octanol–water partition coefficient (Wildman–Crippen LogP) is 1.92. The number of hydrogen-bond donors (Lipinski definition) is 1. The Morgan fingerprint density at radius 3 is 3.06 bits per heavy atom. The van der Waals surface area contributed by atoms with Crippen molar-refractivity contribution in [3.05, 3.63) is 22.8 Å². The fourth-order valence-electron chi connectivity index (χ4n) is 1.48. The van der Waals surface area contributed by atoms with Crippen molar-refractivity contribution in [2.75, 3.05) is 6.54 Å². The number of nitrogens with two attached hydrogens (primary N) is 1. The van der Waals surface area contributed by atoms with Crippen LogP contribution < -0.4 is 5.73 Å². The second kappa shape index (κ2) is 5.23. The molecule has 0 saturated heterocycles. The Morgan fingerprint density at radius 1 is 1.50 bits per heavy atom. The van der Waals surface area contributed by atoms with E-state index in [1.807, 2.05) is 17.1 Å². The highest BCUT2D eigenvalue weighted by Gasteiger charge is 2.06. The van der Waals surface area contributed by atoms with E-state index in [4.69, 9.17) is 5.73 Å². The van der Waals surface area contributed by atoms with Crippen molar-refractivity contribution >= 4 is 11.3 Å². The molecule has 0 amide bonds. The normalized spacial score (nSPS) is 10.9. The largest absolute Gasteiger partial charge is 0.330 e. The Morgan fingerprint density at radius 2 is 2.38 bits per heavy atom. The standard InChI is InChI=1S/C11H16N4S/c1-2-15-7-9(6-13-15)10-8-16-11(14-10)4-3-5-12/h6-8H,2-5,12H2,1H3. The van der Waals surface area contributed by atoms with Gasteiger partial charge in [0.1, 0.15) is 0 Å². The van der Waals surface area contributed by atoms with Gasteiger partial charge in [-0.15, -0.1) is 11.3 Å². The van der Waals surface area contributed by atoms with Crippen LogP contribution >= 0.6 is 11.3 Å². The second-order valence-electron chi connectivity index (χ2n) is 3.60. The molecule has 0 fully saturated rings. The average molecular weight is 236 g/mol. The van der Waals surface area contributed by atoms with Crippen LogP contribution in [0.2, 0.25) is 0 Å². The molecule has 0 saturated carbocycles. The number of aromatic nitrogens is 3. The van der Waals surface area contributed by atoms with Gasteiger partial charge in [-0.25, -0.2) is 4.98 Å². The van der Waals surface area contributed by atoms with Gasteiger partial charge in [-0.05, 0) is 19.9 Å². The van der Waals surface area contributed by atoms with Crippen LogP contribution in [-0.2, 0) is 13.0 Å². The van der Waals surface area contributed by atoms with Gasteiger partial charge in [-0.1, -0.05) is 0 Å². The van der Waals surface area contributed by atoms with Gasteiger partial charge in [-0.2, -0.15) is 5.10 Å². The summed E-state index contributed by atoms with van der Waals surface area (Å²) in [5, 5.41) is 7.49. The molecule has 0 aromatic carbocycles. The molecule has 4 nitrogen and oxygen atoms in total. The van der Waals surface area contributed by atoms with Crippen LogP contribution in [0.4, 0.5) is 0 Å². The zero-order valence-corrected chi connectivity index (χ0v) is 10.2. The van der Waals surface area contributed by atoms with Crippen molar-refractivity contribution in [3.63, 3.8) is 0 Å². The first-order chi connectivity index (χ1) is 7.83. The second-order valence-corrected chi connectivity index (χ2v) is 4.55. The molecule has 5 heteroatoms. The summed E-state index contributed by atoms with van der Waals surface area (Å²) in [5.41, 5.74) is 7.60. The highest BCUT2D eigenvalue weighted by molar-refractivity contribution is 7.09. The lowest BCUT2D eigenvalue weighted by Crippen LogP contribution is -1.99. The molecule has 0 unspecified atom stereocenters. The van der Waals surface area contributed by atoms with Gasteiger partial charge in [0.15, 0.2) is 0 Å². The average Bonchev–Trinajstić information content (AvgIpc) is 2.94. The molecule has 2 rings (SSSR count). The van der Waals surface area contributed by atoms with Crippen LogP contribution in [-0.4, -0.2) is 21.3 Å². The lowest BCUT2D eigenvalue weighted by Gasteiger charge is -1.92. The number of hydrogen-bond acceptors (Lipinski definition) is 4. The molecular weight excluding hydrogens is 220 g/mol. The summed E-state index contributed by atoms with van der Waals surface area (Å²) in [6.07, 6.45) is 5.87. The van der Waals surface area contributed by atoms with Crippen LogP contribution in [0.15, 0.2) is 17.8 Å². The fraction of sp³-hybridized carbons (Fsp3) is 0.455. The van der Waals surface area contributed by atoms with E-state index in [1.165, 1.54) is 0 Å². The monoisotopic (exact) mass is 236 g/mol. The minimum atomic E-state index is 0.725. The summed E-state index contributed by atoms with van der Waals surface area (Å²) in [6, 6.07) is 0. The Hall–Kier alpha value is -1.20. The highest BCUT2D eigenvalue weighted by Crippen LogP contribution is 2.21. The first-order valence-electron chi connectivity index (χ1n) is 5.50. The SMILES string of the molecule is CCn1cc(-c2csc(CCCN)n2)cn1. The van der Waals surface area contributed by atoms with Crippen molar-refractivity contribution in [1.82, 2.24) is 14.8 Å². The third kappa shape index (κ3) is 2.48. The van der Waals surface area contributed by atoms with E-state index in [2.05, 4.69) is 22.4 Å². The maximum absolute atomic E-state index is 5.48. The Balaban J connectivity index is 2.11. The van der Waals surface area contributed by atoms with Gasteiger partial charge < -0.3 is 5.73 Å². The molecular formula is C11H16N4S. The highest BCUT2D eigenvalue weighted by atomic mass is 32.1. The molecule has 2 aromatic rings. The van der Waals surface area contributed by atoms with E-state index >= 15 is 0 Å². The Labute approximate surface area is 99.1 Å². The molecule has 2 heterocycles. The van der Waals surface area contributed by atoms with Crippen LogP contribution in [0.25, 0.3) is 11.3 Å². The van der Waals surface area contributed by atoms with E-state index in [1.54, 1.807) is 11.3 Å². The van der Waals surface area contributed by atoms with Gasteiger partial charge in [0.25, 0.3) is 0 Å². The first kappa shape index (κ1) is 11.3. The molecule has 0 aliphatic carbocycles. The smallest absolute Gasteiger partial charge is 0.0933 e. The number of aryl methyl sites for hydroxylation is 2. The summed E-state index contributed by atoms with van der Waals surface area (Å²) in [6.45, 7) is 3.69. The van der Waals surface area contributed by atoms with Crippen molar-refractivity contribution in [1.29, 1.82) is 0 Å². The predicted molar refractivity (Wildman–Crippen MR) is 66.4 cm³/mol. The van der Waals surface area contributed by atoms with Crippen LogP contribution in [0.1, 0.15) is 18.4 Å². The molecule has 0 bridgehead atoms. The topological polar surface area (TPSA) is 56.7 Å². The molecule has 0 aliphatic heterocycles. The molecule has 86 valence electrons. The Bertz CT molecular complexity index is 446. The molecule has 2 aromatic heterocycles. The quantitative estimate of drug-likeness (QED) is 0.863. The van der Waals surface area contributed by atoms with Gasteiger partial charge in [0.2, 0.25) is 0 Å². The third-order valence-electron chi connectivity index (χ3n) is 2.40. The molecule has 0 aliphatic rings. The summed E-state index contributed by atoms with van der Waals surface area (Å²) >= 11 is 1.70. The molecule has 0 radical (unpaired) electrons. The van der Waals surface area contributed by atoms with Gasteiger partial charge in [0.05, 0.1) is 16.9 Å². The third-order valence-corrected chi connectivity index (χ3v) is 3.31. The molecule has 0 atom stereocenters. The van der Waals surface area contributed by atoms with Gasteiger partial charge in [-0.3, -0.25) is 4.68 Å². The van der Waals surface area contributed by atoms with Crippen molar-refractivity contribution in [3.8, 4) is 11.3 Å². The maximum atomic E-state index is 5.48. The first-order valence-corrected chi connectivity index (χ1v) is 6.38. The van der Waals surface area contributed by atoms with Crippen molar-refractivity contribution in [2.24, 2.45) is 5.73 Å². The molecule has 0 spiro atoms. The maximum Gasteiger partial charge on any atom is 0.0933 e. The van der Waals surface area contributed by atoms with Crippen LogP contribution in [0.3, 0.4) is 0 Å². The minimum absolute atomic E-state index is 0.725. The van der Waals surface area contributed by atoms with Crippen LogP contribution in [0, 0.1) is 0 Å². The van der Waals surface area contributed by atoms with E-state index in [9.17, 15) is 0 Å². The van der Waals surface area contributed by atoms with E-state index in [0.29, 0.717) is 0 Å². The zero-order chi connectivity index (χ0) is 11.4. The zero-order valence-electron chi connectivity index (χ0n) is 9.39. The van der Waals surface area contributed by atoms with E-state index in [-0.39, 0.29) is 0 Å². The number of thiazole rings is 1. The lowest BCUT2D eigenvalue weighted by atomic mass is 10.3. The van der Waals surface area contributed by atoms with Crippen LogP contribution in [0.5, 0.6) is 0 Å². The van der Waals surface area contributed by atoms with Crippen molar-refractivity contribution in [2.45, 2.75) is 26.3 Å². The number of nitrogens with zero attached hydrogens (tertiary/aromatic N) is 3. The number of rotatable bonds is 5.